The minimum atomic E-state index is -0.937. The van der Waals surface area contributed by atoms with E-state index in [1.54, 1.807) is 13.8 Å². The maximum absolute atomic E-state index is 10.7. The van der Waals surface area contributed by atoms with Gasteiger partial charge in [0.15, 0.2) is 0 Å². The fourth-order valence-electron chi connectivity index (χ4n) is 4.47. The normalized spacial score (nSPS) is 51.8. The van der Waals surface area contributed by atoms with Gasteiger partial charge in [-0.1, -0.05) is 13.8 Å². The molecule has 0 aromatic carbocycles. The van der Waals surface area contributed by atoms with Crippen LogP contribution in [-0.2, 0) is 0 Å². The quantitative estimate of drug-likeness (QED) is 0.572. The number of fused-ring (bicyclic) bond motifs is 1. The average molecular weight is 272 g/mol. The summed E-state index contributed by atoms with van der Waals surface area (Å²) in [5.74, 6) is -0.435. The first-order valence-electron chi connectivity index (χ1n) is 7.35. The smallest absolute Gasteiger partial charge is 0.0644 e. The van der Waals surface area contributed by atoms with Gasteiger partial charge in [-0.3, -0.25) is 0 Å². The van der Waals surface area contributed by atoms with Gasteiger partial charge in [-0.15, -0.1) is 0 Å². The van der Waals surface area contributed by atoms with Gasteiger partial charge in [0, 0.05) is 12.3 Å². The molecule has 112 valence electrons. The monoisotopic (exact) mass is 272 g/mol. The third-order valence-electron chi connectivity index (χ3n) is 5.84. The molecule has 2 aliphatic carbocycles. The fraction of sp³-hybridized carbons (Fsp3) is 1.00. The summed E-state index contributed by atoms with van der Waals surface area (Å²) in [7, 11) is 0. The number of aliphatic hydroxyl groups excluding tert-OH is 3. The van der Waals surface area contributed by atoms with Crippen molar-refractivity contribution >= 4 is 0 Å². The highest BCUT2D eigenvalue weighted by atomic mass is 16.3. The van der Waals surface area contributed by atoms with Crippen LogP contribution in [0.1, 0.15) is 47.0 Å². The van der Waals surface area contributed by atoms with Gasteiger partial charge in [0.2, 0.25) is 0 Å². The molecule has 0 radical (unpaired) electrons. The highest BCUT2D eigenvalue weighted by Crippen LogP contribution is 2.55. The van der Waals surface area contributed by atoms with Crippen LogP contribution in [0, 0.1) is 23.2 Å². The lowest BCUT2D eigenvalue weighted by Gasteiger charge is -2.58. The van der Waals surface area contributed by atoms with Crippen molar-refractivity contribution in [2.24, 2.45) is 23.2 Å². The van der Waals surface area contributed by atoms with E-state index in [9.17, 15) is 20.4 Å². The number of rotatable bonds is 1. The van der Waals surface area contributed by atoms with Crippen LogP contribution in [0.15, 0.2) is 0 Å². The van der Waals surface area contributed by atoms with E-state index in [0.717, 1.165) is 6.42 Å². The predicted molar refractivity (Wildman–Crippen MR) is 72.4 cm³/mol. The van der Waals surface area contributed by atoms with Crippen LogP contribution < -0.4 is 0 Å². The van der Waals surface area contributed by atoms with Crippen molar-refractivity contribution in [3.8, 4) is 0 Å². The van der Waals surface area contributed by atoms with Gasteiger partial charge in [0.25, 0.3) is 0 Å². The van der Waals surface area contributed by atoms with E-state index in [-0.39, 0.29) is 23.2 Å². The summed E-state index contributed by atoms with van der Waals surface area (Å²) < 4.78 is 0. The Bertz CT molecular complexity index is 338. The minimum Gasteiger partial charge on any atom is -0.393 e. The van der Waals surface area contributed by atoms with Crippen LogP contribution in [0.2, 0.25) is 0 Å². The van der Waals surface area contributed by atoms with Crippen LogP contribution in [-0.4, -0.2) is 44.3 Å². The van der Waals surface area contributed by atoms with E-state index in [4.69, 9.17) is 0 Å². The van der Waals surface area contributed by atoms with Crippen molar-refractivity contribution in [1.82, 2.24) is 0 Å². The molecule has 7 unspecified atom stereocenters. The Morgan fingerprint density at radius 3 is 2.26 bits per heavy atom. The molecule has 0 bridgehead atoms. The van der Waals surface area contributed by atoms with E-state index < -0.39 is 23.9 Å². The SMILES string of the molecule is CC1C(O)CC(O)C2(C)CCC(C(C)(C)O)C(O)C12. The molecule has 19 heavy (non-hydrogen) atoms. The number of hydrogen-bond acceptors (Lipinski definition) is 4. The van der Waals surface area contributed by atoms with Gasteiger partial charge >= 0.3 is 0 Å². The molecule has 0 amide bonds. The van der Waals surface area contributed by atoms with Crippen LogP contribution in [0.4, 0.5) is 0 Å². The van der Waals surface area contributed by atoms with E-state index >= 15 is 0 Å². The summed E-state index contributed by atoms with van der Waals surface area (Å²) >= 11 is 0. The Hall–Kier alpha value is -0.160. The Labute approximate surface area is 115 Å². The molecule has 4 heteroatoms. The number of hydrogen-bond donors (Lipinski definition) is 4. The van der Waals surface area contributed by atoms with Gasteiger partial charge in [-0.25, -0.2) is 0 Å². The molecule has 0 aromatic rings. The van der Waals surface area contributed by atoms with E-state index in [2.05, 4.69) is 0 Å². The highest BCUT2D eigenvalue weighted by molar-refractivity contribution is 5.07. The molecular formula is C15H28O4. The van der Waals surface area contributed by atoms with Crippen molar-refractivity contribution in [2.75, 3.05) is 0 Å². The second-order valence-corrected chi connectivity index (χ2v) is 7.50. The molecule has 0 spiro atoms. The van der Waals surface area contributed by atoms with Gasteiger partial charge in [-0.05, 0) is 43.9 Å². The van der Waals surface area contributed by atoms with Crippen LogP contribution in [0.25, 0.3) is 0 Å². The first-order chi connectivity index (χ1) is 8.59. The Morgan fingerprint density at radius 1 is 1.16 bits per heavy atom. The summed E-state index contributed by atoms with van der Waals surface area (Å²) in [6, 6.07) is 0. The topological polar surface area (TPSA) is 80.9 Å². The lowest BCUT2D eigenvalue weighted by atomic mass is 9.51. The Kier molecular flexibility index (Phi) is 3.76. The van der Waals surface area contributed by atoms with Crippen molar-refractivity contribution < 1.29 is 20.4 Å². The van der Waals surface area contributed by atoms with Crippen molar-refractivity contribution in [1.29, 1.82) is 0 Å². The Balaban J connectivity index is 2.33. The standard InChI is InChI=1S/C15H28O4/c1-8-10(16)7-11(17)15(4)6-5-9(14(2,3)19)13(18)12(8)15/h8-13,16-19H,5-7H2,1-4H3. The fourth-order valence-corrected chi connectivity index (χ4v) is 4.47. The first kappa shape index (κ1) is 15.2. The molecule has 4 N–H and O–H groups in total. The second kappa shape index (κ2) is 4.69. The molecular weight excluding hydrogens is 244 g/mol. The average Bonchev–Trinajstić information content (AvgIpc) is 2.25. The zero-order chi connectivity index (χ0) is 14.6. The summed E-state index contributed by atoms with van der Waals surface area (Å²) in [5, 5.41) is 41.3. The molecule has 2 aliphatic rings. The van der Waals surface area contributed by atoms with E-state index in [0.29, 0.717) is 12.8 Å². The summed E-state index contributed by atoms with van der Waals surface area (Å²) in [6.45, 7) is 7.40. The minimum absolute atomic E-state index is 0.0615. The largest absolute Gasteiger partial charge is 0.393 e. The lowest BCUT2D eigenvalue weighted by molar-refractivity contribution is -0.207. The number of aliphatic hydroxyl groups is 4. The van der Waals surface area contributed by atoms with Crippen LogP contribution in [0.5, 0.6) is 0 Å². The zero-order valence-electron chi connectivity index (χ0n) is 12.4. The van der Waals surface area contributed by atoms with Crippen LogP contribution >= 0.6 is 0 Å². The molecule has 2 fully saturated rings. The maximum atomic E-state index is 10.7. The molecule has 0 aromatic heterocycles. The Morgan fingerprint density at radius 2 is 1.74 bits per heavy atom. The predicted octanol–water partition coefficient (Wildman–Crippen LogP) is 0.912. The highest BCUT2D eigenvalue weighted by Gasteiger charge is 2.57. The molecule has 2 saturated carbocycles. The third-order valence-corrected chi connectivity index (χ3v) is 5.84. The van der Waals surface area contributed by atoms with E-state index in [1.807, 2.05) is 13.8 Å². The molecule has 7 atom stereocenters. The van der Waals surface area contributed by atoms with Gasteiger partial charge in [0.1, 0.15) is 0 Å². The molecule has 0 heterocycles. The van der Waals surface area contributed by atoms with Crippen molar-refractivity contribution in [3.63, 3.8) is 0 Å². The van der Waals surface area contributed by atoms with Crippen LogP contribution in [0.3, 0.4) is 0 Å². The van der Waals surface area contributed by atoms with Crippen molar-refractivity contribution in [2.45, 2.75) is 70.9 Å². The van der Waals surface area contributed by atoms with Crippen molar-refractivity contribution in [3.05, 3.63) is 0 Å². The summed E-state index contributed by atoms with van der Waals surface area (Å²) in [4.78, 5) is 0. The first-order valence-corrected chi connectivity index (χ1v) is 7.35. The maximum Gasteiger partial charge on any atom is 0.0644 e. The molecule has 4 nitrogen and oxygen atoms in total. The second-order valence-electron chi connectivity index (χ2n) is 7.50. The molecule has 2 rings (SSSR count). The summed E-state index contributed by atoms with van der Waals surface area (Å²) in [6.07, 6.45) is 0.0236. The van der Waals surface area contributed by atoms with E-state index in [1.165, 1.54) is 0 Å². The van der Waals surface area contributed by atoms with Gasteiger partial charge in [-0.2, -0.15) is 0 Å². The molecule has 0 aliphatic heterocycles. The lowest BCUT2D eigenvalue weighted by Crippen LogP contribution is -2.61. The third kappa shape index (κ3) is 2.33. The summed E-state index contributed by atoms with van der Waals surface area (Å²) in [5.41, 5.74) is -1.30. The van der Waals surface area contributed by atoms with Gasteiger partial charge in [0.05, 0.1) is 23.9 Å². The van der Waals surface area contributed by atoms with Gasteiger partial charge < -0.3 is 20.4 Å². The molecule has 0 saturated heterocycles. The zero-order valence-corrected chi connectivity index (χ0v) is 12.4.